The number of anilines is 1. The van der Waals surface area contributed by atoms with E-state index in [0.717, 1.165) is 40.1 Å². The van der Waals surface area contributed by atoms with Crippen LogP contribution >= 0.6 is 0 Å². The first-order chi connectivity index (χ1) is 12.6. The highest BCUT2D eigenvalue weighted by molar-refractivity contribution is 6.07. The fraction of sp³-hybridized carbons (Fsp3) is 0.381. The van der Waals surface area contributed by atoms with Crippen molar-refractivity contribution in [1.82, 2.24) is 0 Å². The van der Waals surface area contributed by atoms with Crippen molar-refractivity contribution in [2.45, 2.75) is 32.6 Å². The highest BCUT2D eigenvalue weighted by Gasteiger charge is 2.55. The molecule has 5 nitrogen and oxygen atoms in total. The normalized spacial score (nSPS) is 18.3. The number of rotatable bonds is 3. The highest BCUT2D eigenvalue weighted by atomic mass is 16.7. The van der Waals surface area contributed by atoms with Gasteiger partial charge in [0, 0.05) is 11.1 Å². The molecule has 1 fully saturated rings. The fourth-order valence-electron chi connectivity index (χ4n) is 3.93. The van der Waals surface area contributed by atoms with Crippen LogP contribution in [0.2, 0.25) is 0 Å². The molecule has 0 N–H and O–H groups in total. The largest absolute Gasteiger partial charge is 0.496 e. The molecule has 1 spiro atoms. The number of hydrogen-bond acceptors (Lipinski definition) is 4. The van der Waals surface area contributed by atoms with Crippen molar-refractivity contribution in [2.24, 2.45) is 0 Å². The quantitative estimate of drug-likeness (QED) is 0.848. The van der Waals surface area contributed by atoms with Gasteiger partial charge in [0.2, 0.25) is 0 Å². The van der Waals surface area contributed by atoms with E-state index in [4.69, 9.17) is 14.2 Å². The number of para-hydroxylation sites is 1. The van der Waals surface area contributed by atoms with Crippen LogP contribution in [0.15, 0.2) is 36.4 Å². The topological polar surface area (TPSA) is 48.0 Å². The van der Waals surface area contributed by atoms with Crippen LogP contribution < -0.4 is 9.64 Å². The molecule has 0 saturated carbocycles. The Labute approximate surface area is 153 Å². The van der Waals surface area contributed by atoms with Gasteiger partial charge in [-0.3, -0.25) is 4.79 Å². The van der Waals surface area contributed by atoms with Crippen LogP contribution in [0.1, 0.15) is 28.7 Å². The van der Waals surface area contributed by atoms with E-state index in [1.807, 2.05) is 44.2 Å². The standard InChI is InChI=1S/C21H23NO4/c1-14-11-15(2)19-17(12-14)21(25-9-6-10-26-21)20(23)22(19)13-16-7-4-5-8-18(16)24-3/h4-5,7-8,11-12H,6,9-10,13H2,1-3H3. The van der Waals surface area contributed by atoms with Crippen molar-refractivity contribution in [3.8, 4) is 5.75 Å². The molecule has 2 aromatic carbocycles. The van der Waals surface area contributed by atoms with E-state index in [-0.39, 0.29) is 5.91 Å². The third-order valence-corrected chi connectivity index (χ3v) is 5.02. The summed E-state index contributed by atoms with van der Waals surface area (Å²) < 4.78 is 17.4. The maximum atomic E-state index is 13.4. The summed E-state index contributed by atoms with van der Waals surface area (Å²) in [7, 11) is 1.64. The summed E-state index contributed by atoms with van der Waals surface area (Å²) in [5, 5.41) is 0. The minimum atomic E-state index is -1.31. The number of carbonyl (C=O) groups is 1. The van der Waals surface area contributed by atoms with Gasteiger partial charge < -0.3 is 19.1 Å². The molecular formula is C21H23NO4. The number of aryl methyl sites for hydroxylation is 2. The summed E-state index contributed by atoms with van der Waals surface area (Å²) in [6, 6.07) is 11.8. The van der Waals surface area contributed by atoms with Gasteiger partial charge in [-0.2, -0.15) is 0 Å². The van der Waals surface area contributed by atoms with E-state index >= 15 is 0 Å². The highest BCUT2D eigenvalue weighted by Crippen LogP contribution is 2.48. The number of methoxy groups -OCH3 is 1. The molecule has 2 aliphatic heterocycles. The van der Waals surface area contributed by atoms with Crippen molar-refractivity contribution < 1.29 is 19.0 Å². The Morgan fingerprint density at radius 1 is 1.15 bits per heavy atom. The zero-order chi connectivity index (χ0) is 18.3. The first-order valence-corrected chi connectivity index (χ1v) is 8.90. The first-order valence-electron chi connectivity index (χ1n) is 8.90. The van der Waals surface area contributed by atoms with Gasteiger partial charge in [-0.1, -0.05) is 29.8 Å². The Morgan fingerprint density at radius 2 is 1.88 bits per heavy atom. The summed E-state index contributed by atoms with van der Waals surface area (Å²) >= 11 is 0. The second-order valence-corrected chi connectivity index (χ2v) is 6.85. The number of amides is 1. The summed E-state index contributed by atoms with van der Waals surface area (Å²) in [6.07, 6.45) is 0.793. The van der Waals surface area contributed by atoms with Gasteiger partial charge in [0.15, 0.2) is 0 Å². The molecular weight excluding hydrogens is 330 g/mol. The van der Waals surface area contributed by atoms with Crippen LogP contribution in [0.4, 0.5) is 5.69 Å². The van der Waals surface area contributed by atoms with Crippen LogP contribution in [0.5, 0.6) is 5.75 Å². The second kappa shape index (κ2) is 6.41. The van der Waals surface area contributed by atoms with Crippen LogP contribution in [-0.4, -0.2) is 26.2 Å². The molecule has 2 aliphatic rings. The third-order valence-electron chi connectivity index (χ3n) is 5.02. The van der Waals surface area contributed by atoms with Crippen molar-refractivity contribution in [3.05, 3.63) is 58.7 Å². The number of nitrogens with zero attached hydrogens (tertiary/aromatic N) is 1. The molecule has 0 bridgehead atoms. The van der Waals surface area contributed by atoms with Gasteiger partial charge in [0.25, 0.3) is 11.7 Å². The SMILES string of the molecule is COc1ccccc1CN1C(=O)C2(OCCCO2)c2cc(C)cc(C)c21. The first kappa shape index (κ1) is 17.1. The molecule has 2 aromatic rings. The molecule has 136 valence electrons. The number of ether oxygens (including phenoxy) is 3. The van der Waals surface area contributed by atoms with E-state index < -0.39 is 5.79 Å². The molecule has 1 saturated heterocycles. The van der Waals surface area contributed by atoms with E-state index in [1.54, 1.807) is 12.0 Å². The van der Waals surface area contributed by atoms with E-state index in [0.29, 0.717) is 19.8 Å². The number of benzene rings is 2. The minimum absolute atomic E-state index is 0.160. The van der Waals surface area contributed by atoms with Gasteiger partial charge in [0.05, 0.1) is 32.6 Å². The van der Waals surface area contributed by atoms with Crippen LogP contribution in [-0.2, 0) is 26.6 Å². The molecule has 4 rings (SSSR count). The molecule has 2 heterocycles. The Bertz CT molecular complexity index is 855. The Kier molecular flexibility index (Phi) is 4.21. The van der Waals surface area contributed by atoms with Crippen LogP contribution in [0.3, 0.4) is 0 Å². The molecule has 0 atom stereocenters. The molecule has 0 aromatic heterocycles. The molecule has 0 radical (unpaired) electrons. The van der Waals surface area contributed by atoms with Crippen molar-refractivity contribution in [1.29, 1.82) is 0 Å². The predicted octanol–water partition coefficient (Wildman–Crippen LogP) is 3.45. The average Bonchev–Trinajstić information content (AvgIpc) is 2.86. The Morgan fingerprint density at radius 3 is 2.62 bits per heavy atom. The van der Waals surface area contributed by atoms with Gasteiger partial charge in [-0.15, -0.1) is 0 Å². The van der Waals surface area contributed by atoms with Gasteiger partial charge in [-0.05, 0) is 38.0 Å². The monoisotopic (exact) mass is 353 g/mol. The summed E-state index contributed by atoms with van der Waals surface area (Å²) in [4.78, 5) is 15.2. The van der Waals surface area contributed by atoms with Crippen molar-refractivity contribution in [3.63, 3.8) is 0 Å². The molecule has 0 unspecified atom stereocenters. The lowest BCUT2D eigenvalue weighted by molar-refractivity contribution is -0.256. The average molecular weight is 353 g/mol. The number of carbonyl (C=O) groups excluding carboxylic acids is 1. The lowest BCUT2D eigenvalue weighted by Gasteiger charge is -2.32. The Balaban J connectivity index is 1.83. The summed E-state index contributed by atoms with van der Waals surface area (Å²) in [5.74, 6) is -0.711. The van der Waals surface area contributed by atoms with Gasteiger partial charge >= 0.3 is 0 Å². The fourth-order valence-corrected chi connectivity index (χ4v) is 3.93. The third kappa shape index (κ3) is 2.50. The van der Waals surface area contributed by atoms with Gasteiger partial charge in [-0.25, -0.2) is 0 Å². The minimum Gasteiger partial charge on any atom is -0.496 e. The van der Waals surface area contributed by atoms with Crippen molar-refractivity contribution >= 4 is 11.6 Å². The zero-order valence-electron chi connectivity index (χ0n) is 15.4. The predicted molar refractivity (Wildman–Crippen MR) is 98.3 cm³/mol. The lowest BCUT2D eigenvalue weighted by Crippen LogP contribution is -2.47. The maximum Gasteiger partial charge on any atom is 0.292 e. The van der Waals surface area contributed by atoms with E-state index in [2.05, 4.69) is 6.07 Å². The number of hydrogen-bond donors (Lipinski definition) is 0. The smallest absolute Gasteiger partial charge is 0.292 e. The maximum absolute atomic E-state index is 13.4. The molecule has 0 aliphatic carbocycles. The molecule has 1 amide bonds. The van der Waals surface area contributed by atoms with E-state index in [9.17, 15) is 4.79 Å². The van der Waals surface area contributed by atoms with Crippen LogP contribution in [0.25, 0.3) is 0 Å². The lowest BCUT2D eigenvalue weighted by atomic mass is 10.00. The zero-order valence-corrected chi connectivity index (χ0v) is 15.4. The van der Waals surface area contributed by atoms with Crippen molar-refractivity contribution in [2.75, 3.05) is 25.2 Å². The second-order valence-electron chi connectivity index (χ2n) is 6.85. The summed E-state index contributed by atoms with van der Waals surface area (Å²) in [5.41, 5.74) is 4.77. The van der Waals surface area contributed by atoms with Crippen LogP contribution in [0, 0.1) is 13.8 Å². The molecule has 26 heavy (non-hydrogen) atoms. The van der Waals surface area contributed by atoms with Gasteiger partial charge in [0.1, 0.15) is 5.75 Å². The summed E-state index contributed by atoms with van der Waals surface area (Å²) in [6.45, 7) is 5.49. The number of fused-ring (bicyclic) bond motifs is 2. The Hall–Kier alpha value is -2.37. The molecule has 5 heteroatoms. The van der Waals surface area contributed by atoms with E-state index in [1.165, 1.54) is 0 Å².